The van der Waals surface area contributed by atoms with Crippen LogP contribution < -0.4 is 9.83 Å². The molecule has 140 valence electrons. The largest absolute Gasteiger partial charge is 0.550 e. The highest BCUT2D eigenvalue weighted by Crippen LogP contribution is 2.26. The molecule has 0 fully saturated rings. The van der Waals surface area contributed by atoms with Crippen LogP contribution in [0, 0.1) is 0 Å². The summed E-state index contributed by atoms with van der Waals surface area (Å²) in [6.07, 6.45) is -0.471. The molecule has 26 heavy (non-hydrogen) atoms. The van der Waals surface area contributed by atoms with Gasteiger partial charge < -0.3 is 9.90 Å². The standard InChI is InChI=1S/C19H22ClNO4S/c1-19(2,3)14-6-4-13(5-7-14)17(12-18(22)23)21-26(24,25)16-10-8-15(20)9-11-16/h4-11,17,21H,12H2,1-3H3,(H,22,23)/p-1/t17-/m1/s1. The average molecular weight is 395 g/mol. The first-order valence-electron chi connectivity index (χ1n) is 8.07. The Balaban J connectivity index is 2.32. The second kappa shape index (κ2) is 7.78. The van der Waals surface area contributed by atoms with E-state index in [1.165, 1.54) is 24.3 Å². The van der Waals surface area contributed by atoms with Crippen LogP contribution in [0.1, 0.15) is 44.4 Å². The van der Waals surface area contributed by atoms with Gasteiger partial charge in [-0.15, -0.1) is 0 Å². The molecule has 2 aromatic carbocycles. The fourth-order valence-electron chi connectivity index (χ4n) is 2.48. The first kappa shape index (κ1) is 20.4. The van der Waals surface area contributed by atoms with Crippen molar-refractivity contribution in [1.82, 2.24) is 4.72 Å². The minimum Gasteiger partial charge on any atom is -0.550 e. The van der Waals surface area contributed by atoms with Crippen LogP contribution in [0.15, 0.2) is 53.4 Å². The Morgan fingerprint density at radius 3 is 2.08 bits per heavy atom. The molecule has 0 spiro atoms. The third-order valence-corrected chi connectivity index (χ3v) is 5.71. The zero-order valence-corrected chi connectivity index (χ0v) is 16.4. The number of aliphatic carboxylic acids is 1. The van der Waals surface area contributed by atoms with E-state index in [1.807, 2.05) is 12.1 Å². The summed E-state index contributed by atoms with van der Waals surface area (Å²) in [7, 11) is -3.91. The summed E-state index contributed by atoms with van der Waals surface area (Å²) in [5.74, 6) is -1.34. The SMILES string of the molecule is CC(C)(C)c1ccc([C@@H](CC(=O)[O-])NS(=O)(=O)c2ccc(Cl)cc2)cc1. The molecule has 0 radical (unpaired) electrons. The van der Waals surface area contributed by atoms with Gasteiger partial charge in [0.2, 0.25) is 10.0 Å². The van der Waals surface area contributed by atoms with Gasteiger partial charge in [0.1, 0.15) is 0 Å². The van der Waals surface area contributed by atoms with Gasteiger partial charge in [0, 0.05) is 17.4 Å². The van der Waals surface area contributed by atoms with Crippen molar-refractivity contribution in [3.05, 3.63) is 64.7 Å². The first-order valence-corrected chi connectivity index (χ1v) is 9.93. The summed E-state index contributed by atoms with van der Waals surface area (Å²) in [4.78, 5) is 11.1. The molecule has 0 aliphatic carbocycles. The molecule has 2 rings (SSSR count). The summed E-state index contributed by atoms with van der Waals surface area (Å²) < 4.78 is 27.6. The summed E-state index contributed by atoms with van der Waals surface area (Å²) in [6, 6.07) is 11.9. The van der Waals surface area contributed by atoms with E-state index in [1.54, 1.807) is 12.1 Å². The molecule has 1 atom stereocenters. The van der Waals surface area contributed by atoms with Crippen LogP contribution in [0.25, 0.3) is 0 Å². The van der Waals surface area contributed by atoms with Crippen LogP contribution in [0.5, 0.6) is 0 Å². The zero-order valence-electron chi connectivity index (χ0n) is 14.8. The summed E-state index contributed by atoms with van der Waals surface area (Å²) in [6.45, 7) is 6.18. The topological polar surface area (TPSA) is 86.3 Å². The minimum atomic E-state index is -3.91. The minimum absolute atomic E-state index is 0.0107. The van der Waals surface area contributed by atoms with Crippen molar-refractivity contribution in [2.75, 3.05) is 0 Å². The van der Waals surface area contributed by atoms with E-state index in [2.05, 4.69) is 25.5 Å². The molecule has 0 saturated heterocycles. The number of carboxylic acid groups (broad SMARTS) is 1. The number of carbonyl (C=O) groups is 1. The van der Waals surface area contributed by atoms with Gasteiger partial charge in [0.15, 0.2) is 0 Å². The van der Waals surface area contributed by atoms with Crippen LogP contribution in [-0.2, 0) is 20.2 Å². The quantitative estimate of drug-likeness (QED) is 0.816. The lowest BCUT2D eigenvalue weighted by Gasteiger charge is -2.23. The van der Waals surface area contributed by atoms with Gasteiger partial charge in [0.25, 0.3) is 0 Å². The Kier molecular flexibility index (Phi) is 6.11. The Hall–Kier alpha value is -1.89. The molecular formula is C19H21ClNO4S-. The third kappa shape index (κ3) is 5.30. The highest BCUT2D eigenvalue weighted by atomic mass is 35.5. The maximum atomic E-state index is 12.6. The van der Waals surface area contributed by atoms with E-state index in [0.717, 1.165) is 5.56 Å². The smallest absolute Gasteiger partial charge is 0.241 e. The third-order valence-electron chi connectivity index (χ3n) is 3.97. The van der Waals surface area contributed by atoms with Crippen molar-refractivity contribution in [3.63, 3.8) is 0 Å². The second-order valence-electron chi connectivity index (χ2n) is 7.08. The van der Waals surface area contributed by atoms with E-state index in [4.69, 9.17) is 11.6 Å². The molecule has 0 aliphatic heterocycles. The van der Waals surface area contributed by atoms with Gasteiger partial charge in [0.05, 0.1) is 10.9 Å². The lowest BCUT2D eigenvalue weighted by atomic mass is 9.86. The van der Waals surface area contributed by atoms with Crippen molar-refractivity contribution in [3.8, 4) is 0 Å². The van der Waals surface area contributed by atoms with Crippen molar-refractivity contribution in [2.24, 2.45) is 0 Å². The van der Waals surface area contributed by atoms with Gasteiger partial charge in [-0.25, -0.2) is 13.1 Å². The van der Waals surface area contributed by atoms with Crippen molar-refractivity contribution in [1.29, 1.82) is 0 Å². The predicted molar refractivity (Wildman–Crippen MR) is 99.3 cm³/mol. The van der Waals surface area contributed by atoms with Gasteiger partial charge in [-0.05, 0) is 40.8 Å². The molecule has 0 saturated carbocycles. The van der Waals surface area contributed by atoms with Crippen LogP contribution in [-0.4, -0.2) is 14.4 Å². The molecule has 1 N–H and O–H groups in total. The van der Waals surface area contributed by atoms with Crippen molar-refractivity contribution < 1.29 is 18.3 Å². The monoisotopic (exact) mass is 394 g/mol. The van der Waals surface area contributed by atoms with Crippen molar-refractivity contribution >= 4 is 27.6 Å². The molecule has 5 nitrogen and oxygen atoms in total. The lowest BCUT2D eigenvalue weighted by molar-refractivity contribution is -0.306. The molecule has 0 aromatic heterocycles. The average Bonchev–Trinajstić information content (AvgIpc) is 2.53. The molecule has 0 amide bonds. The molecule has 2 aromatic rings. The molecule has 0 bridgehead atoms. The number of sulfonamides is 1. The number of rotatable bonds is 6. The predicted octanol–water partition coefficient (Wildman–Crippen LogP) is 2.80. The fraction of sp³-hybridized carbons (Fsp3) is 0.316. The number of halogens is 1. The van der Waals surface area contributed by atoms with Crippen LogP contribution in [0.3, 0.4) is 0 Å². The van der Waals surface area contributed by atoms with Gasteiger partial charge in [-0.3, -0.25) is 0 Å². The number of nitrogens with one attached hydrogen (secondary N) is 1. The number of carbonyl (C=O) groups excluding carboxylic acids is 1. The highest BCUT2D eigenvalue weighted by molar-refractivity contribution is 7.89. The zero-order chi connectivity index (χ0) is 19.5. The van der Waals surface area contributed by atoms with Gasteiger partial charge >= 0.3 is 0 Å². The Bertz CT molecular complexity index is 869. The number of hydrogen-bond acceptors (Lipinski definition) is 4. The maximum absolute atomic E-state index is 12.6. The summed E-state index contributed by atoms with van der Waals surface area (Å²) in [5, 5.41) is 11.5. The Morgan fingerprint density at radius 1 is 1.08 bits per heavy atom. The number of hydrogen-bond donors (Lipinski definition) is 1. The molecule has 0 heterocycles. The summed E-state index contributed by atoms with van der Waals surface area (Å²) >= 11 is 5.78. The molecule has 0 unspecified atom stereocenters. The molecule has 0 aliphatic rings. The Morgan fingerprint density at radius 2 is 1.62 bits per heavy atom. The van der Waals surface area contributed by atoms with Gasteiger partial charge in [-0.2, -0.15) is 0 Å². The Labute approximate surface area is 159 Å². The van der Waals surface area contributed by atoms with E-state index >= 15 is 0 Å². The highest BCUT2D eigenvalue weighted by Gasteiger charge is 2.22. The van der Waals surface area contributed by atoms with Gasteiger partial charge in [-0.1, -0.05) is 56.6 Å². The van der Waals surface area contributed by atoms with Crippen LogP contribution in [0.4, 0.5) is 0 Å². The van der Waals surface area contributed by atoms with Crippen LogP contribution >= 0.6 is 11.6 Å². The maximum Gasteiger partial charge on any atom is 0.241 e. The second-order valence-corrected chi connectivity index (χ2v) is 9.23. The molecule has 7 heteroatoms. The van der Waals surface area contributed by atoms with E-state index in [9.17, 15) is 18.3 Å². The first-order chi connectivity index (χ1) is 12.0. The van der Waals surface area contributed by atoms with Crippen LogP contribution in [0.2, 0.25) is 5.02 Å². The van der Waals surface area contributed by atoms with E-state index in [0.29, 0.717) is 10.6 Å². The van der Waals surface area contributed by atoms with E-state index in [-0.39, 0.29) is 10.3 Å². The number of benzene rings is 2. The fourth-order valence-corrected chi connectivity index (χ4v) is 3.83. The number of carboxylic acids is 1. The summed E-state index contributed by atoms with van der Waals surface area (Å²) in [5.41, 5.74) is 1.55. The normalized spacial score (nSPS) is 13.4. The van der Waals surface area contributed by atoms with E-state index < -0.39 is 28.5 Å². The lowest BCUT2D eigenvalue weighted by Crippen LogP contribution is -2.34. The van der Waals surface area contributed by atoms with Crippen molar-refractivity contribution in [2.45, 2.75) is 43.5 Å². The molecular weight excluding hydrogens is 374 g/mol.